The molecule has 0 N–H and O–H groups in total. The van der Waals surface area contributed by atoms with E-state index in [-0.39, 0.29) is 0 Å². The third-order valence-corrected chi connectivity index (χ3v) is 15.4. The summed E-state index contributed by atoms with van der Waals surface area (Å²) in [5.41, 5.74) is 9.94. The van der Waals surface area contributed by atoms with E-state index in [2.05, 4.69) is 166 Å². The van der Waals surface area contributed by atoms with Crippen LogP contribution in [-0.4, -0.2) is 8.07 Å². The molecule has 1 aliphatic rings. The first-order valence-electron chi connectivity index (χ1n) is 18.3. The number of hydrogen-bond acceptors (Lipinski definition) is 3. The summed E-state index contributed by atoms with van der Waals surface area (Å²) in [5, 5.41) is 14.9. The van der Waals surface area contributed by atoms with Crippen LogP contribution in [0.2, 0.25) is 0 Å². The first-order chi connectivity index (χ1) is 27.2. The number of anilines is 6. The Kier molecular flexibility index (Phi) is 8.61. The second-order valence-corrected chi connectivity index (χ2v) is 17.3. The van der Waals surface area contributed by atoms with E-state index >= 15 is 0 Å². The molecule has 5 heteroatoms. The lowest BCUT2D eigenvalue weighted by Crippen LogP contribution is -2.72. The molecule has 258 valence electrons. The lowest BCUT2D eigenvalue weighted by Gasteiger charge is -2.34. The maximum absolute atomic E-state index is 9.59. The average Bonchev–Trinajstić information content (AvgIpc) is 3.56. The van der Waals surface area contributed by atoms with Crippen molar-refractivity contribution in [1.29, 1.82) is 5.26 Å². The topological polar surface area (TPSA) is 34.6 Å². The van der Waals surface area contributed by atoms with Crippen LogP contribution in [0, 0.1) is 17.9 Å². The van der Waals surface area contributed by atoms with Crippen molar-refractivity contribution in [2.24, 2.45) is 0 Å². The molecule has 0 spiro atoms. The van der Waals surface area contributed by atoms with Crippen molar-refractivity contribution >= 4 is 68.6 Å². The first-order valence-corrected chi connectivity index (χ1v) is 20.3. The molecule has 1 heterocycles. The van der Waals surface area contributed by atoms with Crippen molar-refractivity contribution < 1.29 is 0 Å². The van der Waals surface area contributed by atoms with Crippen molar-refractivity contribution in [1.82, 2.24) is 0 Å². The maximum atomic E-state index is 9.59. The second kappa shape index (κ2) is 14.2. The Labute approximate surface area is 322 Å². The highest BCUT2D eigenvalue weighted by Gasteiger charge is 2.49. The molecule has 0 fully saturated rings. The highest BCUT2D eigenvalue weighted by atomic mass is 28.3. The Balaban J connectivity index is 1.30. The average molecular weight is 719 g/mol. The van der Waals surface area contributed by atoms with Crippen LogP contribution in [0.25, 0.3) is 16.0 Å². The molecule has 0 unspecified atom stereocenters. The monoisotopic (exact) mass is 718 g/mol. The Bertz CT molecular complexity index is 2540. The number of nitrogens with zero attached hydrogens (tertiary/aromatic N) is 4. The minimum atomic E-state index is -2.95. The molecular weight excluding hydrogens is 685 g/mol. The highest BCUT2D eigenvalue weighted by molar-refractivity contribution is 7.22. The first kappa shape index (κ1) is 33.4. The zero-order valence-electron chi connectivity index (χ0n) is 29.9. The van der Waals surface area contributed by atoms with Crippen molar-refractivity contribution in [3.8, 4) is 17.2 Å². The third-order valence-electron chi connectivity index (χ3n) is 10.5. The smallest absolute Gasteiger partial charge is 0.187 e. The summed E-state index contributed by atoms with van der Waals surface area (Å²) in [6.07, 6.45) is 0. The molecule has 8 aromatic rings. The van der Waals surface area contributed by atoms with Gasteiger partial charge in [0.15, 0.2) is 13.8 Å². The van der Waals surface area contributed by atoms with Gasteiger partial charge in [0.05, 0.1) is 18.2 Å². The standard InChI is InChI=1S/C50H34N4Si/c1-52-38-28-32-42(33-29-38)54(40-16-6-3-7-17-40)44-19-13-21-46(35-44)55(49-24-10-8-22-47(49)48-23-9-11-25-50(48)55)45-20-12-18-43(34-45)53(39-14-4-2-5-15-39)41-30-26-37(36-51)27-31-41/h2-35H. The second-order valence-electron chi connectivity index (χ2n) is 13.6. The molecule has 4 nitrogen and oxygen atoms in total. The summed E-state index contributed by atoms with van der Waals surface area (Å²) in [7, 11) is -2.95. The van der Waals surface area contributed by atoms with Gasteiger partial charge in [0.2, 0.25) is 0 Å². The zero-order chi connectivity index (χ0) is 37.2. The van der Waals surface area contributed by atoms with Crippen molar-refractivity contribution in [3.63, 3.8) is 0 Å². The summed E-state index contributed by atoms with van der Waals surface area (Å²) >= 11 is 0. The molecule has 0 radical (unpaired) electrons. The molecule has 9 rings (SSSR count). The van der Waals surface area contributed by atoms with Gasteiger partial charge in [0, 0.05) is 34.1 Å². The molecular formula is C50H34N4Si. The van der Waals surface area contributed by atoms with E-state index in [0.717, 1.165) is 34.1 Å². The fourth-order valence-electron chi connectivity index (χ4n) is 8.19. The molecule has 0 aliphatic carbocycles. The van der Waals surface area contributed by atoms with Gasteiger partial charge < -0.3 is 9.80 Å². The molecule has 0 bridgehead atoms. The molecule has 0 saturated carbocycles. The van der Waals surface area contributed by atoms with E-state index in [1.54, 1.807) is 0 Å². The van der Waals surface area contributed by atoms with Crippen LogP contribution >= 0.6 is 0 Å². The highest BCUT2D eigenvalue weighted by Crippen LogP contribution is 2.38. The van der Waals surface area contributed by atoms with Gasteiger partial charge in [0.1, 0.15) is 0 Å². The maximum Gasteiger partial charge on any atom is 0.187 e. The van der Waals surface area contributed by atoms with Crippen molar-refractivity contribution in [3.05, 3.63) is 223 Å². The van der Waals surface area contributed by atoms with Gasteiger partial charge in [-0.05, 0) is 117 Å². The summed E-state index contributed by atoms with van der Waals surface area (Å²) in [4.78, 5) is 8.21. The zero-order valence-corrected chi connectivity index (χ0v) is 30.9. The van der Waals surface area contributed by atoms with E-state index in [1.807, 2.05) is 60.7 Å². The molecule has 0 atom stereocenters. The Hall–Kier alpha value is -7.44. The van der Waals surface area contributed by atoms with Crippen molar-refractivity contribution in [2.45, 2.75) is 0 Å². The Morgan fingerprint density at radius 1 is 0.418 bits per heavy atom. The minimum absolute atomic E-state index is 0.612. The van der Waals surface area contributed by atoms with Gasteiger partial charge in [-0.25, -0.2) is 4.85 Å². The van der Waals surface area contributed by atoms with Crippen LogP contribution in [0.15, 0.2) is 206 Å². The van der Waals surface area contributed by atoms with E-state index in [9.17, 15) is 5.26 Å². The van der Waals surface area contributed by atoms with Gasteiger partial charge >= 0.3 is 0 Å². The molecule has 55 heavy (non-hydrogen) atoms. The number of fused-ring (bicyclic) bond motifs is 3. The third kappa shape index (κ3) is 5.77. The van der Waals surface area contributed by atoms with Crippen molar-refractivity contribution in [2.75, 3.05) is 9.80 Å². The number of nitriles is 1. The van der Waals surface area contributed by atoms with Crippen LogP contribution in [0.5, 0.6) is 0 Å². The summed E-state index contributed by atoms with van der Waals surface area (Å²) in [6, 6.07) is 74.9. The summed E-state index contributed by atoms with van der Waals surface area (Å²) in [5.74, 6) is 0. The molecule has 1 aliphatic heterocycles. The van der Waals surface area contributed by atoms with Crippen LogP contribution in [0.1, 0.15) is 5.56 Å². The predicted octanol–water partition coefficient (Wildman–Crippen LogP) is 10.4. The van der Waals surface area contributed by atoms with E-state index in [4.69, 9.17) is 6.57 Å². The normalized spacial score (nSPS) is 12.1. The largest absolute Gasteiger partial charge is 0.311 e. The van der Waals surface area contributed by atoms with E-state index in [0.29, 0.717) is 11.3 Å². The van der Waals surface area contributed by atoms with Gasteiger partial charge in [-0.15, -0.1) is 0 Å². The lowest BCUT2D eigenvalue weighted by atomic mass is 10.1. The quantitative estimate of drug-likeness (QED) is 0.116. The Morgan fingerprint density at radius 3 is 1.27 bits per heavy atom. The predicted molar refractivity (Wildman–Crippen MR) is 229 cm³/mol. The summed E-state index contributed by atoms with van der Waals surface area (Å²) in [6.45, 7) is 7.55. The van der Waals surface area contributed by atoms with Gasteiger partial charge in [-0.3, -0.25) is 0 Å². The van der Waals surface area contributed by atoms with Gasteiger partial charge in [-0.2, -0.15) is 5.26 Å². The fraction of sp³-hybridized carbons (Fsp3) is 0. The fourth-order valence-corrected chi connectivity index (χ4v) is 13.4. The SMILES string of the molecule is [C-]#[N+]c1ccc(N(c2ccccc2)c2cccc([Si]3(c4cccc(N(c5ccccc5)c5ccc(C#N)cc5)c4)c4ccccc4-c4ccccc43)c2)cc1. The Morgan fingerprint density at radius 2 is 0.818 bits per heavy atom. The number of hydrogen-bond donors (Lipinski definition) is 0. The van der Waals surface area contributed by atoms with E-state index in [1.165, 1.54) is 31.9 Å². The molecule has 0 amide bonds. The van der Waals surface area contributed by atoms with Crippen LogP contribution in [0.4, 0.5) is 39.8 Å². The van der Waals surface area contributed by atoms with E-state index < -0.39 is 8.07 Å². The van der Waals surface area contributed by atoms with Crippen LogP contribution in [-0.2, 0) is 0 Å². The molecule has 8 aromatic carbocycles. The lowest BCUT2D eigenvalue weighted by molar-refractivity contribution is 1.28. The van der Waals surface area contributed by atoms with Gasteiger partial charge in [-0.1, -0.05) is 121 Å². The molecule has 0 saturated heterocycles. The van der Waals surface area contributed by atoms with Gasteiger partial charge in [0.25, 0.3) is 0 Å². The number of benzene rings is 8. The number of rotatable bonds is 8. The molecule has 0 aromatic heterocycles. The van der Waals surface area contributed by atoms with Crippen LogP contribution in [0.3, 0.4) is 0 Å². The number of para-hydroxylation sites is 2. The minimum Gasteiger partial charge on any atom is -0.311 e. The summed E-state index contributed by atoms with van der Waals surface area (Å²) < 4.78 is 0. The van der Waals surface area contributed by atoms with Crippen LogP contribution < -0.4 is 30.5 Å².